The fourth-order valence-electron chi connectivity index (χ4n) is 5.19. The summed E-state index contributed by atoms with van der Waals surface area (Å²) in [7, 11) is 0. The van der Waals surface area contributed by atoms with Gasteiger partial charge >= 0.3 is 0 Å². The highest BCUT2D eigenvalue weighted by atomic mass is 16.3. The van der Waals surface area contributed by atoms with Crippen LogP contribution < -0.4 is 21.5 Å². The van der Waals surface area contributed by atoms with Crippen LogP contribution in [0.4, 0.5) is 0 Å². The molecular formula is C39H59N5O9. The van der Waals surface area contributed by atoms with Gasteiger partial charge in [0.25, 0.3) is 0 Å². The van der Waals surface area contributed by atoms with Crippen LogP contribution >= 0.6 is 0 Å². The summed E-state index contributed by atoms with van der Waals surface area (Å²) < 4.78 is 0. The largest absolute Gasteiger partial charge is 0.508 e. The molecular weight excluding hydrogens is 682 g/mol. The maximum Gasteiger partial charge on any atom is 0.248 e. The number of phenolic OH excluding ortho intramolecular Hbond substituents is 3. The average molecular weight is 742 g/mol. The van der Waals surface area contributed by atoms with E-state index in [4.69, 9.17) is 5.11 Å². The summed E-state index contributed by atoms with van der Waals surface area (Å²) >= 11 is 0. The van der Waals surface area contributed by atoms with Crippen molar-refractivity contribution in [2.45, 2.75) is 110 Å². The Kier molecular flexibility index (Phi) is 17.6. The van der Waals surface area contributed by atoms with E-state index < -0.39 is 18.3 Å². The molecule has 4 aromatic rings. The summed E-state index contributed by atoms with van der Waals surface area (Å²) in [5.74, 6) is -0.155. The van der Waals surface area contributed by atoms with Gasteiger partial charge in [0.2, 0.25) is 5.56 Å². The summed E-state index contributed by atoms with van der Waals surface area (Å²) in [5, 5.41) is 87.2. The van der Waals surface area contributed by atoms with Crippen molar-refractivity contribution >= 4 is 10.9 Å². The number of rotatable bonds is 13. The third kappa shape index (κ3) is 14.9. The molecule has 294 valence electrons. The minimum Gasteiger partial charge on any atom is -0.508 e. The zero-order chi connectivity index (χ0) is 40.0. The number of hydrogen-bond donors (Lipinski definition) is 12. The average Bonchev–Trinajstić information content (AvgIpc) is 3.08. The lowest BCUT2D eigenvalue weighted by molar-refractivity contribution is 0.123. The zero-order valence-electron chi connectivity index (χ0n) is 31.9. The molecule has 4 atom stereocenters. The van der Waals surface area contributed by atoms with E-state index in [1.807, 2.05) is 55.4 Å². The summed E-state index contributed by atoms with van der Waals surface area (Å²) in [4.78, 5) is 18.0. The van der Waals surface area contributed by atoms with Crippen molar-refractivity contribution in [3.8, 4) is 23.0 Å². The molecule has 4 unspecified atom stereocenters. The van der Waals surface area contributed by atoms with Gasteiger partial charge in [0, 0.05) is 54.3 Å². The number of aliphatic hydroxyl groups excluding tert-OH is 4. The van der Waals surface area contributed by atoms with Crippen molar-refractivity contribution in [3.05, 3.63) is 87.5 Å². The SMILES string of the molecule is CC(C)(C)NCC(O)c1ccc(O)c(CO)n1.CC(C)NCC(O)c1cc(O)cc(O)c1.CCC(NC(C)C)C(O)c1ccc(O)c2[nH]c(=O)ccc12. The van der Waals surface area contributed by atoms with Crippen molar-refractivity contribution in [3.63, 3.8) is 0 Å². The van der Waals surface area contributed by atoms with E-state index >= 15 is 0 Å². The Morgan fingerprint density at radius 1 is 0.792 bits per heavy atom. The second-order valence-corrected chi connectivity index (χ2v) is 14.4. The number of pyridine rings is 2. The second-order valence-electron chi connectivity index (χ2n) is 14.4. The molecule has 0 bridgehead atoms. The number of aromatic hydroxyl groups is 4. The van der Waals surface area contributed by atoms with Crippen LogP contribution in [0.2, 0.25) is 0 Å². The molecule has 0 fully saturated rings. The standard InChI is InChI=1S/C16H22N2O3.C12H20N2O3.C11H17NO3/c1-4-12(17-9(2)3)16(21)11-5-7-13(19)15-10(11)6-8-14(20)18-15;1-12(2,3)13-6-11(17)8-4-5-10(16)9(7-15)14-8;1-7(2)12-6-11(15)8-3-9(13)5-10(14)4-8/h5-9,12,16-17,19,21H,4H2,1-3H3,(H,18,20);4-5,11,13,15-17H,6-7H2,1-3H3;3-5,7,11-15H,6H2,1-2H3. The third-order valence-corrected chi connectivity index (χ3v) is 7.91. The number of aromatic nitrogens is 2. The van der Waals surface area contributed by atoms with Gasteiger partial charge in [0.1, 0.15) is 34.8 Å². The number of hydrogen-bond acceptors (Lipinski definition) is 13. The quantitative estimate of drug-likeness (QED) is 0.0932. The molecule has 0 saturated carbocycles. The Morgan fingerprint density at radius 2 is 1.42 bits per heavy atom. The highest BCUT2D eigenvalue weighted by Gasteiger charge is 2.23. The van der Waals surface area contributed by atoms with Gasteiger partial charge in [-0.25, -0.2) is 4.98 Å². The molecule has 2 aromatic carbocycles. The Balaban J connectivity index is 0.000000280. The van der Waals surface area contributed by atoms with Gasteiger partial charge in [0.05, 0.1) is 30.0 Å². The van der Waals surface area contributed by atoms with Crippen LogP contribution in [-0.4, -0.2) is 87.6 Å². The van der Waals surface area contributed by atoms with Gasteiger partial charge in [-0.3, -0.25) is 4.79 Å². The smallest absolute Gasteiger partial charge is 0.248 e. The van der Waals surface area contributed by atoms with Crippen LogP contribution in [-0.2, 0) is 6.61 Å². The van der Waals surface area contributed by atoms with Gasteiger partial charge in [-0.1, -0.05) is 40.7 Å². The first-order valence-electron chi connectivity index (χ1n) is 17.7. The van der Waals surface area contributed by atoms with E-state index in [2.05, 4.69) is 25.9 Å². The Hall–Kier alpha value is -4.28. The summed E-state index contributed by atoms with van der Waals surface area (Å²) in [6.45, 7) is 16.4. The van der Waals surface area contributed by atoms with Gasteiger partial charge in [0.15, 0.2) is 0 Å². The minimum absolute atomic E-state index is 0.00326. The molecule has 12 N–H and O–H groups in total. The van der Waals surface area contributed by atoms with Crippen LogP contribution in [0.15, 0.2) is 59.4 Å². The molecule has 0 spiro atoms. The predicted molar refractivity (Wildman–Crippen MR) is 206 cm³/mol. The monoisotopic (exact) mass is 741 g/mol. The first kappa shape index (κ1) is 44.9. The summed E-state index contributed by atoms with van der Waals surface area (Å²) in [6, 6.07) is 13.7. The zero-order valence-corrected chi connectivity index (χ0v) is 31.9. The molecule has 2 aromatic heterocycles. The molecule has 2 heterocycles. The topological polar surface area (TPSA) is 244 Å². The van der Waals surface area contributed by atoms with E-state index in [9.17, 15) is 40.5 Å². The molecule has 0 amide bonds. The fourth-order valence-corrected chi connectivity index (χ4v) is 5.19. The van der Waals surface area contributed by atoms with Crippen LogP contribution in [0.25, 0.3) is 10.9 Å². The Morgan fingerprint density at radius 3 is 1.96 bits per heavy atom. The lowest BCUT2D eigenvalue weighted by Gasteiger charge is -2.26. The second kappa shape index (κ2) is 20.8. The van der Waals surface area contributed by atoms with Crippen LogP contribution in [0.3, 0.4) is 0 Å². The van der Waals surface area contributed by atoms with Crippen molar-refractivity contribution in [2.75, 3.05) is 13.1 Å². The fraction of sp³-hybridized carbons (Fsp3) is 0.487. The maximum atomic E-state index is 11.4. The first-order valence-corrected chi connectivity index (χ1v) is 17.7. The number of nitrogens with zero attached hydrogens (tertiary/aromatic N) is 1. The molecule has 0 aliphatic heterocycles. The van der Waals surface area contributed by atoms with Gasteiger partial charge in [-0.15, -0.1) is 0 Å². The molecule has 0 aliphatic carbocycles. The number of fused-ring (bicyclic) bond motifs is 1. The lowest BCUT2D eigenvalue weighted by atomic mass is 9.95. The highest BCUT2D eigenvalue weighted by molar-refractivity contribution is 5.87. The maximum absolute atomic E-state index is 11.4. The van der Waals surface area contributed by atoms with E-state index in [1.54, 1.807) is 18.2 Å². The number of aliphatic hydroxyl groups is 4. The number of H-pyrrole nitrogens is 1. The van der Waals surface area contributed by atoms with Crippen LogP contribution in [0.5, 0.6) is 23.0 Å². The predicted octanol–water partition coefficient (Wildman–Crippen LogP) is 3.87. The summed E-state index contributed by atoms with van der Waals surface area (Å²) in [6.07, 6.45) is -1.44. The van der Waals surface area contributed by atoms with Crippen molar-refractivity contribution in [1.82, 2.24) is 25.9 Å². The Bertz CT molecular complexity index is 1750. The van der Waals surface area contributed by atoms with Crippen LogP contribution in [0.1, 0.15) is 103 Å². The number of aromatic amines is 1. The van der Waals surface area contributed by atoms with Gasteiger partial charge < -0.3 is 61.8 Å². The molecule has 14 heteroatoms. The lowest BCUT2D eigenvalue weighted by Crippen LogP contribution is -2.39. The molecule has 0 saturated heterocycles. The van der Waals surface area contributed by atoms with Crippen molar-refractivity contribution in [1.29, 1.82) is 0 Å². The van der Waals surface area contributed by atoms with Gasteiger partial charge in [-0.2, -0.15) is 0 Å². The third-order valence-electron chi connectivity index (χ3n) is 7.91. The minimum atomic E-state index is -0.764. The molecule has 14 nitrogen and oxygen atoms in total. The van der Waals surface area contributed by atoms with E-state index in [-0.39, 0.29) is 64.5 Å². The first-order chi connectivity index (χ1) is 24.8. The van der Waals surface area contributed by atoms with E-state index in [0.717, 1.165) is 6.42 Å². The number of phenols is 3. The van der Waals surface area contributed by atoms with E-state index in [0.29, 0.717) is 40.8 Å². The number of β-amino-alcohol motifs (C(OH)–C–C–N with tert-alkyl or cyclic N) is 1. The van der Waals surface area contributed by atoms with Crippen LogP contribution in [0, 0.1) is 0 Å². The highest BCUT2D eigenvalue weighted by Crippen LogP contribution is 2.31. The summed E-state index contributed by atoms with van der Waals surface area (Å²) in [5.41, 5.74) is 1.80. The molecule has 0 radical (unpaired) electrons. The molecule has 0 aliphatic rings. The number of nitrogens with one attached hydrogen (secondary N) is 4. The van der Waals surface area contributed by atoms with Crippen molar-refractivity contribution in [2.24, 2.45) is 0 Å². The van der Waals surface area contributed by atoms with Gasteiger partial charge in [-0.05, 0) is 74.7 Å². The normalized spacial score (nSPS) is 13.8. The number of benzene rings is 2. The molecule has 4 rings (SSSR count). The van der Waals surface area contributed by atoms with Crippen molar-refractivity contribution < 1.29 is 40.9 Å². The molecule has 53 heavy (non-hydrogen) atoms. The Labute approximate surface area is 311 Å². The van der Waals surface area contributed by atoms with E-state index in [1.165, 1.54) is 36.4 Å².